The van der Waals surface area contributed by atoms with Crippen LogP contribution in [0.5, 0.6) is 0 Å². The van der Waals surface area contributed by atoms with E-state index < -0.39 is 20.0 Å². The molecular formula is C58H96N2O6P+. The summed E-state index contributed by atoms with van der Waals surface area (Å²) in [6, 6.07) is -0.886. The number of rotatable bonds is 44. The highest BCUT2D eigenvalue weighted by Gasteiger charge is 2.27. The number of carbonyl (C=O) groups is 1. The molecule has 0 aliphatic carbocycles. The van der Waals surface area contributed by atoms with Gasteiger partial charge in [0.2, 0.25) is 5.91 Å². The van der Waals surface area contributed by atoms with Gasteiger partial charge in [0.1, 0.15) is 13.2 Å². The van der Waals surface area contributed by atoms with Crippen LogP contribution in [0.25, 0.3) is 0 Å². The molecule has 0 saturated heterocycles. The Morgan fingerprint density at radius 3 is 1.36 bits per heavy atom. The number of nitrogens with zero attached hydrogens (tertiary/aromatic N) is 1. The molecule has 0 aromatic carbocycles. The van der Waals surface area contributed by atoms with Gasteiger partial charge in [-0.3, -0.25) is 13.8 Å². The second kappa shape index (κ2) is 47.4. The fourth-order valence-electron chi connectivity index (χ4n) is 6.26. The van der Waals surface area contributed by atoms with Crippen LogP contribution >= 0.6 is 7.82 Å². The molecule has 0 radical (unpaired) electrons. The van der Waals surface area contributed by atoms with E-state index in [0.717, 1.165) is 116 Å². The van der Waals surface area contributed by atoms with Gasteiger partial charge in [0.15, 0.2) is 0 Å². The van der Waals surface area contributed by atoms with Crippen LogP contribution in [0.15, 0.2) is 146 Å². The van der Waals surface area contributed by atoms with Crippen molar-refractivity contribution in [2.75, 3.05) is 40.9 Å². The Labute approximate surface area is 410 Å². The van der Waals surface area contributed by atoms with Crippen LogP contribution in [-0.2, 0) is 18.4 Å². The number of allylic oxidation sites excluding steroid dienone is 23. The second-order valence-electron chi connectivity index (χ2n) is 17.8. The summed E-state index contributed by atoms with van der Waals surface area (Å²) in [5, 5.41) is 13.8. The van der Waals surface area contributed by atoms with Crippen LogP contribution in [0.2, 0.25) is 0 Å². The smallest absolute Gasteiger partial charge is 0.387 e. The number of likely N-dealkylation sites (N-methyl/N-ethyl adjacent to an activating group) is 1. The molecule has 0 heterocycles. The first kappa shape index (κ1) is 63.4. The summed E-state index contributed by atoms with van der Waals surface area (Å²) < 4.78 is 23.5. The average Bonchev–Trinajstić information content (AvgIpc) is 3.29. The molecule has 0 aliphatic heterocycles. The molecule has 0 aromatic rings. The zero-order valence-electron chi connectivity index (χ0n) is 42.8. The van der Waals surface area contributed by atoms with E-state index in [1.807, 2.05) is 27.2 Å². The van der Waals surface area contributed by atoms with Crippen molar-refractivity contribution in [1.82, 2.24) is 5.32 Å². The summed E-state index contributed by atoms with van der Waals surface area (Å²) in [5.41, 5.74) is 0. The fraction of sp³-hybridized carbons (Fsp3) is 0.569. The predicted molar refractivity (Wildman–Crippen MR) is 290 cm³/mol. The van der Waals surface area contributed by atoms with Gasteiger partial charge in [0.25, 0.3) is 0 Å². The van der Waals surface area contributed by atoms with E-state index in [0.29, 0.717) is 17.4 Å². The summed E-state index contributed by atoms with van der Waals surface area (Å²) in [6.45, 7) is 4.58. The van der Waals surface area contributed by atoms with Crippen molar-refractivity contribution in [2.24, 2.45) is 0 Å². The minimum absolute atomic E-state index is 0.0420. The number of nitrogens with one attached hydrogen (secondary N) is 1. The van der Waals surface area contributed by atoms with E-state index in [4.69, 9.17) is 9.05 Å². The summed E-state index contributed by atoms with van der Waals surface area (Å²) in [4.78, 5) is 23.1. The van der Waals surface area contributed by atoms with E-state index in [2.05, 4.69) is 153 Å². The maximum Gasteiger partial charge on any atom is 0.472 e. The first-order valence-corrected chi connectivity index (χ1v) is 27.2. The summed E-state index contributed by atoms with van der Waals surface area (Å²) >= 11 is 0. The average molecular weight is 948 g/mol. The summed E-state index contributed by atoms with van der Waals surface area (Å²) in [5.74, 6) is -0.222. The van der Waals surface area contributed by atoms with Gasteiger partial charge >= 0.3 is 7.82 Å². The molecular weight excluding hydrogens is 852 g/mol. The molecule has 0 spiro atoms. The van der Waals surface area contributed by atoms with Crippen molar-refractivity contribution in [1.29, 1.82) is 0 Å². The molecule has 3 atom stereocenters. The summed E-state index contributed by atoms with van der Waals surface area (Å²) in [6.07, 6.45) is 73.8. The highest BCUT2D eigenvalue weighted by molar-refractivity contribution is 7.47. The molecule has 3 N–H and O–H groups in total. The Morgan fingerprint density at radius 1 is 0.522 bits per heavy atom. The third kappa shape index (κ3) is 50.1. The number of amides is 1. The molecule has 0 aliphatic rings. The molecule has 8 nitrogen and oxygen atoms in total. The van der Waals surface area contributed by atoms with E-state index >= 15 is 0 Å². The van der Waals surface area contributed by atoms with Gasteiger partial charge in [0, 0.05) is 6.42 Å². The van der Waals surface area contributed by atoms with Crippen LogP contribution in [0.1, 0.15) is 162 Å². The zero-order chi connectivity index (χ0) is 49.2. The lowest BCUT2D eigenvalue weighted by Gasteiger charge is -2.25. The van der Waals surface area contributed by atoms with Gasteiger partial charge in [-0.25, -0.2) is 4.57 Å². The zero-order valence-corrected chi connectivity index (χ0v) is 43.7. The lowest BCUT2D eigenvalue weighted by molar-refractivity contribution is -0.870. The predicted octanol–water partition coefficient (Wildman–Crippen LogP) is 15.4. The maximum atomic E-state index is 12.9. The molecule has 3 unspecified atom stereocenters. The van der Waals surface area contributed by atoms with Gasteiger partial charge in [-0.1, -0.05) is 192 Å². The first-order valence-electron chi connectivity index (χ1n) is 25.7. The molecule has 0 saturated carbocycles. The monoisotopic (exact) mass is 948 g/mol. The van der Waals surface area contributed by atoms with Gasteiger partial charge in [-0.15, -0.1) is 0 Å². The quantitative estimate of drug-likeness (QED) is 0.0243. The van der Waals surface area contributed by atoms with Crippen LogP contribution in [-0.4, -0.2) is 73.4 Å². The van der Waals surface area contributed by atoms with Crippen molar-refractivity contribution in [3.8, 4) is 0 Å². The standard InChI is InChI=1S/C58H95N2O6P/c1-6-8-10-12-14-16-18-19-20-21-22-23-24-25-26-27-28-29-30-31-32-33-34-35-36-37-38-39-40-41-42-44-46-48-50-52-58(62)59-56(55-66-67(63,64)65-54-53-60(3,4)5)57(61)51-49-47-45-43-17-15-13-11-9-7-2/h8,10,14,16-17,19-20,22-23,25-26,28-29,31-32,34-35,37-38,40-41,43,49,51,56-57,61H,6-7,9,11-13,15,18,21,24,27,30,33,36,39,42,44-48,50,52-55H2,1-5H3,(H-,59,62,63,64)/p+1/b10-8-,16-14-,20-19-,23-22-,26-25-,29-28-,32-31-,35-34-,38-37-,41-40-,43-17+,51-49+. The number of quaternary nitrogens is 1. The normalized spacial score (nSPS) is 15.3. The minimum Gasteiger partial charge on any atom is -0.387 e. The second-order valence-corrected chi connectivity index (χ2v) is 19.3. The van der Waals surface area contributed by atoms with Crippen molar-refractivity contribution in [3.05, 3.63) is 146 Å². The molecule has 1 amide bonds. The minimum atomic E-state index is -4.36. The number of unbranched alkanes of at least 4 members (excludes halogenated alkanes) is 9. The van der Waals surface area contributed by atoms with E-state index in [9.17, 15) is 19.4 Å². The number of hydrogen-bond acceptors (Lipinski definition) is 5. The maximum absolute atomic E-state index is 12.9. The van der Waals surface area contributed by atoms with Crippen LogP contribution in [0, 0.1) is 0 Å². The highest BCUT2D eigenvalue weighted by Crippen LogP contribution is 2.43. The van der Waals surface area contributed by atoms with E-state index in [1.54, 1.807) is 6.08 Å². The van der Waals surface area contributed by atoms with Crippen LogP contribution in [0.3, 0.4) is 0 Å². The Bertz CT molecular complexity index is 1590. The molecule has 0 bridgehead atoms. The Hall–Kier alpha value is -3.62. The SMILES string of the molecule is CC/C=C\C/C=C\C/C=C\C/C=C\C/C=C\C/C=C\C/C=C\C/C=C\C/C=C\C/C=C\CCCCCCC(=O)NC(COP(=O)(O)OCC[N+](C)(C)C)C(O)/C=C/CC/C=C/CCCCCC. The number of aliphatic hydroxyl groups is 1. The van der Waals surface area contributed by atoms with Crippen LogP contribution in [0.4, 0.5) is 0 Å². The molecule has 67 heavy (non-hydrogen) atoms. The van der Waals surface area contributed by atoms with Gasteiger partial charge in [-0.2, -0.15) is 0 Å². The molecule has 9 heteroatoms. The largest absolute Gasteiger partial charge is 0.472 e. The fourth-order valence-corrected chi connectivity index (χ4v) is 6.99. The molecule has 378 valence electrons. The molecule has 0 rings (SSSR count). The van der Waals surface area contributed by atoms with Crippen molar-refractivity contribution in [2.45, 2.75) is 174 Å². The lowest BCUT2D eigenvalue weighted by Crippen LogP contribution is -2.45. The van der Waals surface area contributed by atoms with Crippen molar-refractivity contribution >= 4 is 13.7 Å². The highest BCUT2D eigenvalue weighted by atomic mass is 31.2. The third-order valence-electron chi connectivity index (χ3n) is 10.3. The number of phosphoric ester groups is 1. The molecule has 0 aromatic heterocycles. The number of phosphoric acid groups is 1. The van der Waals surface area contributed by atoms with Crippen molar-refractivity contribution < 1.29 is 32.9 Å². The van der Waals surface area contributed by atoms with Crippen molar-refractivity contribution in [3.63, 3.8) is 0 Å². The Balaban J connectivity index is 4.25. The third-order valence-corrected chi connectivity index (χ3v) is 11.3. The van der Waals surface area contributed by atoms with E-state index in [1.165, 1.54) is 25.7 Å². The first-order chi connectivity index (χ1) is 32.5. The summed E-state index contributed by atoms with van der Waals surface area (Å²) in [7, 11) is 1.51. The lowest BCUT2D eigenvalue weighted by atomic mass is 10.1. The Morgan fingerprint density at radius 2 is 0.910 bits per heavy atom. The van der Waals surface area contributed by atoms with Gasteiger partial charge in [0.05, 0.1) is 39.9 Å². The number of hydrogen-bond donors (Lipinski definition) is 3. The number of carbonyl (C=O) groups excluding carboxylic acids is 1. The number of aliphatic hydroxyl groups excluding tert-OH is 1. The van der Waals surface area contributed by atoms with Gasteiger partial charge in [-0.05, 0) is 109 Å². The Kier molecular flexibility index (Phi) is 44.9. The van der Waals surface area contributed by atoms with Crippen LogP contribution < -0.4 is 5.32 Å². The van der Waals surface area contributed by atoms with Gasteiger partial charge < -0.3 is 19.8 Å². The topological polar surface area (TPSA) is 105 Å². The van der Waals surface area contributed by atoms with E-state index in [-0.39, 0.29) is 19.1 Å². The molecule has 0 fully saturated rings.